The fourth-order valence-electron chi connectivity index (χ4n) is 2.24. The molecule has 2 aromatic carbocycles. The molecule has 2 rings (SSSR count). The van der Waals surface area contributed by atoms with Gasteiger partial charge in [0, 0.05) is 17.3 Å². The van der Waals surface area contributed by atoms with Crippen molar-refractivity contribution in [2.24, 2.45) is 5.92 Å². The Bertz CT molecular complexity index is 775. The van der Waals surface area contributed by atoms with Crippen LogP contribution in [-0.2, 0) is 0 Å². The number of nitro benzene ring substituents is 1. The Balaban J connectivity index is 2.18. The van der Waals surface area contributed by atoms with Gasteiger partial charge in [0.2, 0.25) is 0 Å². The number of nitrogens with one attached hydrogen (secondary N) is 1. The zero-order valence-corrected chi connectivity index (χ0v) is 15.4. The summed E-state index contributed by atoms with van der Waals surface area (Å²) in [5.74, 6) is 1.01. The summed E-state index contributed by atoms with van der Waals surface area (Å²) in [6, 6.07) is 12.1. The number of thioether (sulfide) groups is 1. The summed E-state index contributed by atoms with van der Waals surface area (Å²) in [4.78, 5) is 23.9. The lowest BCUT2D eigenvalue weighted by Crippen LogP contribution is -2.13. The zero-order chi connectivity index (χ0) is 18.4. The van der Waals surface area contributed by atoms with E-state index < -0.39 is 4.92 Å². The third kappa shape index (κ3) is 5.32. The van der Waals surface area contributed by atoms with Crippen LogP contribution in [0, 0.1) is 23.0 Å². The molecular formula is C19H22N2O3S. The second kappa shape index (κ2) is 8.67. The first-order valence-corrected chi connectivity index (χ1v) is 9.15. The third-order valence-corrected chi connectivity index (χ3v) is 4.86. The SMILES string of the molecule is Cc1ccccc1NC(=O)c1ccc(SCCC(C)C)c([N+](=O)[O-])c1. The highest BCUT2D eigenvalue weighted by atomic mass is 32.2. The molecule has 0 saturated carbocycles. The highest BCUT2D eigenvalue weighted by Gasteiger charge is 2.18. The summed E-state index contributed by atoms with van der Waals surface area (Å²) in [7, 11) is 0. The Hall–Kier alpha value is -2.34. The van der Waals surface area contributed by atoms with Crippen LogP contribution in [0.3, 0.4) is 0 Å². The van der Waals surface area contributed by atoms with E-state index in [1.54, 1.807) is 18.2 Å². The molecule has 5 nitrogen and oxygen atoms in total. The van der Waals surface area contributed by atoms with Crippen LogP contribution in [-0.4, -0.2) is 16.6 Å². The van der Waals surface area contributed by atoms with Crippen LogP contribution in [0.15, 0.2) is 47.4 Å². The molecule has 0 atom stereocenters. The molecule has 132 valence electrons. The molecule has 0 spiro atoms. The van der Waals surface area contributed by atoms with Gasteiger partial charge in [0.05, 0.1) is 9.82 Å². The number of nitrogens with zero attached hydrogens (tertiary/aromatic N) is 1. The lowest BCUT2D eigenvalue weighted by Gasteiger charge is -2.09. The molecule has 25 heavy (non-hydrogen) atoms. The molecule has 0 aliphatic heterocycles. The Morgan fingerprint density at radius 1 is 1.24 bits per heavy atom. The molecular weight excluding hydrogens is 336 g/mol. The maximum atomic E-state index is 12.4. The van der Waals surface area contributed by atoms with E-state index in [2.05, 4.69) is 19.2 Å². The molecule has 0 fully saturated rings. The molecule has 0 aromatic heterocycles. The van der Waals surface area contributed by atoms with Gasteiger partial charge in [0.25, 0.3) is 11.6 Å². The van der Waals surface area contributed by atoms with E-state index in [9.17, 15) is 14.9 Å². The molecule has 1 amide bonds. The number of anilines is 1. The number of para-hydroxylation sites is 1. The predicted molar refractivity (Wildman–Crippen MR) is 102 cm³/mol. The summed E-state index contributed by atoms with van der Waals surface area (Å²) < 4.78 is 0. The molecule has 0 bridgehead atoms. The largest absolute Gasteiger partial charge is 0.322 e. The number of amides is 1. The number of carbonyl (C=O) groups is 1. The van der Waals surface area contributed by atoms with Crippen molar-refractivity contribution >= 4 is 29.0 Å². The number of rotatable bonds is 7. The van der Waals surface area contributed by atoms with Crippen molar-refractivity contribution in [1.82, 2.24) is 0 Å². The van der Waals surface area contributed by atoms with E-state index in [-0.39, 0.29) is 17.2 Å². The van der Waals surface area contributed by atoms with Gasteiger partial charge in [-0.15, -0.1) is 11.8 Å². The van der Waals surface area contributed by atoms with Crippen LogP contribution in [0.1, 0.15) is 36.2 Å². The third-order valence-electron chi connectivity index (χ3n) is 3.76. The molecule has 0 aliphatic rings. The highest BCUT2D eigenvalue weighted by Crippen LogP contribution is 2.31. The van der Waals surface area contributed by atoms with Crippen molar-refractivity contribution in [2.75, 3.05) is 11.1 Å². The minimum absolute atomic E-state index is 0.0220. The zero-order valence-electron chi connectivity index (χ0n) is 14.6. The fourth-order valence-corrected chi connectivity index (χ4v) is 3.49. The summed E-state index contributed by atoms with van der Waals surface area (Å²) in [6.07, 6.45) is 0.983. The fraction of sp³-hybridized carbons (Fsp3) is 0.316. The van der Waals surface area contributed by atoms with E-state index in [1.165, 1.54) is 17.8 Å². The van der Waals surface area contributed by atoms with Gasteiger partial charge in [0.15, 0.2) is 0 Å². The van der Waals surface area contributed by atoms with Gasteiger partial charge in [-0.3, -0.25) is 14.9 Å². The summed E-state index contributed by atoms with van der Waals surface area (Å²) in [6.45, 7) is 6.13. The van der Waals surface area contributed by atoms with Gasteiger partial charge in [-0.1, -0.05) is 32.0 Å². The first-order chi connectivity index (χ1) is 11.9. The van der Waals surface area contributed by atoms with Crippen molar-refractivity contribution in [1.29, 1.82) is 0 Å². The average Bonchev–Trinajstić information content (AvgIpc) is 2.56. The summed E-state index contributed by atoms with van der Waals surface area (Å²) in [5.41, 5.74) is 1.89. The number of nitro groups is 1. The molecule has 0 saturated heterocycles. The number of hydrogen-bond donors (Lipinski definition) is 1. The van der Waals surface area contributed by atoms with Crippen LogP contribution < -0.4 is 5.32 Å². The van der Waals surface area contributed by atoms with Gasteiger partial charge >= 0.3 is 0 Å². The first kappa shape index (κ1) is 19.0. The standard InChI is InChI=1S/C19H22N2O3S/c1-13(2)10-11-25-18-9-8-15(12-17(18)21(23)24)19(22)20-16-7-5-4-6-14(16)3/h4-9,12-13H,10-11H2,1-3H3,(H,20,22). The van der Waals surface area contributed by atoms with Gasteiger partial charge in [0.1, 0.15) is 0 Å². The molecule has 0 heterocycles. The minimum Gasteiger partial charge on any atom is -0.322 e. The Kier molecular flexibility index (Phi) is 6.58. The van der Waals surface area contributed by atoms with Crippen LogP contribution >= 0.6 is 11.8 Å². The van der Waals surface area contributed by atoms with Gasteiger partial charge in [-0.05, 0) is 48.8 Å². The van der Waals surface area contributed by atoms with Crippen molar-refractivity contribution in [3.05, 3.63) is 63.7 Å². The lowest BCUT2D eigenvalue weighted by atomic mass is 10.1. The van der Waals surface area contributed by atoms with E-state index >= 15 is 0 Å². The Morgan fingerprint density at radius 2 is 1.96 bits per heavy atom. The number of carbonyl (C=O) groups excluding carboxylic acids is 1. The monoisotopic (exact) mass is 358 g/mol. The van der Waals surface area contributed by atoms with Crippen molar-refractivity contribution in [2.45, 2.75) is 32.1 Å². The maximum Gasteiger partial charge on any atom is 0.283 e. The average molecular weight is 358 g/mol. The predicted octanol–water partition coefficient (Wildman–Crippen LogP) is 5.29. The second-order valence-corrected chi connectivity index (χ2v) is 7.38. The van der Waals surface area contributed by atoms with Crippen molar-refractivity contribution in [3.8, 4) is 0 Å². The highest BCUT2D eigenvalue weighted by molar-refractivity contribution is 7.99. The number of benzene rings is 2. The van der Waals surface area contributed by atoms with E-state index in [0.717, 1.165) is 17.7 Å². The second-order valence-electron chi connectivity index (χ2n) is 6.24. The van der Waals surface area contributed by atoms with E-state index in [4.69, 9.17) is 0 Å². The smallest absolute Gasteiger partial charge is 0.283 e. The van der Waals surface area contributed by atoms with E-state index in [1.807, 2.05) is 25.1 Å². The number of hydrogen-bond acceptors (Lipinski definition) is 4. The molecule has 1 N–H and O–H groups in total. The molecule has 0 aliphatic carbocycles. The summed E-state index contributed by atoms with van der Waals surface area (Å²) in [5, 5.41) is 14.2. The van der Waals surface area contributed by atoms with Crippen LogP contribution in [0.25, 0.3) is 0 Å². The lowest BCUT2D eigenvalue weighted by molar-refractivity contribution is -0.387. The molecule has 2 aromatic rings. The maximum absolute atomic E-state index is 12.4. The van der Waals surface area contributed by atoms with Gasteiger partial charge in [-0.25, -0.2) is 0 Å². The van der Waals surface area contributed by atoms with Gasteiger partial charge < -0.3 is 5.32 Å². The molecule has 0 unspecified atom stereocenters. The van der Waals surface area contributed by atoms with Crippen molar-refractivity contribution in [3.63, 3.8) is 0 Å². The first-order valence-electron chi connectivity index (χ1n) is 8.16. The Morgan fingerprint density at radius 3 is 2.60 bits per heavy atom. The van der Waals surface area contributed by atoms with Gasteiger partial charge in [-0.2, -0.15) is 0 Å². The van der Waals surface area contributed by atoms with E-state index in [0.29, 0.717) is 16.5 Å². The quantitative estimate of drug-likeness (QED) is 0.414. The molecule has 6 heteroatoms. The van der Waals surface area contributed by atoms with Crippen LogP contribution in [0.4, 0.5) is 11.4 Å². The van der Waals surface area contributed by atoms with Crippen LogP contribution in [0.5, 0.6) is 0 Å². The number of aryl methyl sites for hydroxylation is 1. The topological polar surface area (TPSA) is 72.2 Å². The van der Waals surface area contributed by atoms with Crippen molar-refractivity contribution < 1.29 is 9.72 Å². The van der Waals surface area contributed by atoms with Crippen LogP contribution in [0.2, 0.25) is 0 Å². The molecule has 0 radical (unpaired) electrons. The normalized spacial score (nSPS) is 10.7. The minimum atomic E-state index is -0.428. The summed E-state index contributed by atoms with van der Waals surface area (Å²) >= 11 is 1.46. The Labute approximate surface area is 152 Å².